The van der Waals surface area contributed by atoms with Gasteiger partial charge in [0.2, 0.25) is 0 Å². The van der Waals surface area contributed by atoms with Gasteiger partial charge in [-0.25, -0.2) is 0 Å². The van der Waals surface area contributed by atoms with Crippen molar-refractivity contribution in [2.24, 2.45) is 0 Å². The molecule has 0 aromatic heterocycles. The number of halogens is 3. The van der Waals surface area contributed by atoms with Crippen LogP contribution in [0.4, 0.5) is 13.2 Å². The van der Waals surface area contributed by atoms with Crippen LogP contribution in [0.25, 0.3) is 0 Å². The Kier molecular flexibility index (Phi) is 3.03. The minimum atomic E-state index is -4.28. The average molecular weight is 204 g/mol. The minimum Gasteiger partial charge on any atom is -0.491 e. The molecule has 0 spiro atoms. The Bertz CT molecular complexity index is 287. The van der Waals surface area contributed by atoms with Gasteiger partial charge in [0.15, 0.2) is 0 Å². The molecule has 0 unspecified atom stereocenters. The second-order valence-electron chi connectivity index (χ2n) is 3.19. The predicted octanol–water partition coefficient (Wildman–Crippen LogP) is 3.49. The van der Waals surface area contributed by atoms with Crippen LogP contribution in [0, 0.1) is 0 Å². The number of hydrogen-bond donors (Lipinski definition) is 0. The van der Waals surface area contributed by atoms with Crippen molar-refractivity contribution in [1.82, 2.24) is 0 Å². The summed E-state index contributed by atoms with van der Waals surface area (Å²) in [5.41, 5.74) is -0.659. The van der Waals surface area contributed by atoms with Crippen LogP contribution in [0.5, 0.6) is 5.75 Å². The van der Waals surface area contributed by atoms with Crippen LogP contribution in [0.3, 0.4) is 0 Å². The number of benzene rings is 1. The molecule has 0 amide bonds. The van der Waals surface area contributed by atoms with E-state index < -0.39 is 11.7 Å². The van der Waals surface area contributed by atoms with Crippen LogP contribution in [0.15, 0.2) is 24.3 Å². The van der Waals surface area contributed by atoms with Gasteiger partial charge in [0.1, 0.15) is 5.75 Å². The second kappa shape index (κ2) is 3.90. The first-order valence-corrected chi connectivity index (χ1v) is 4.23. The van der Waals surface area contributed by atoms with E-state index >= 15 is 0 Å². The molecule has 0 aliphatic carbocycles. The fourth-order valence-electron chi connectivity index (χ4n) is 0.995. The first-order valence-electron chi connectivity index (χ1n) is 4.23. The van der Waals surface area contributed by atoms with Gasteiger partial charge in [-0.3, -0.25) is 0 Å². The van der Waals surface area contributed by atoms with E-state index in [2.05, 4.69) is 0 Å². The Morgan fingerprint density at radius 1 is 1.07 bits per heavy atom. The molecule has 0 aliphatic heterocycles. The molecule has 0 saturated carbocycles. The highest BCUT2D eigenvalue weighted by molar-refractivity contribution is 5.28. The van der Waals surface area contributed by atoms with E-state index in [1.54, 1.807) is 0 Å². The van der Waals surface area contributed by atoms with Gasteiger partial charge in [-0.15, -0.1) is 0 Å². The van der Waals surface area contributed by atoms with Crippen molar-refractivity contribution in [2.45, 2.75) is 26.1 Å². The third-order valence-corrected chi connectivity index (χ3v) is 1.55. The van der Waals surface area contributed by atoms with Gasteiger partial charge >= 0.3 is 6.18 Å². The van der Waals surface area contributed by atoms with Gasteiger partial charge in [-0.2, -0.15) is 13.2 Å². The molecule has 1 aromatic carbocycles. The molecule has 0 N–H and O–H groups in total. The maximum atomic E-state index is 12.1. The zero-order valence-corrected chi connectivity index (χ0v) is 7.93. The summed E-state index contributed by atoms with van der Waals surface area (Å²) in [7, 11) is 0. The summed E-state index contributed by atoms with van der Waals surface area (Å²) in [6.07, 6.45) is -4.32. The maximum absolute atomic E-state index is 12.1. The van der Waals surface area contributed by atoms with Crippen LogP contribution in [-0.2, 0) is 6.18 Å². The van der Waals surface area contributed by atoms with Crippen molar-refractivity contribution in [3.8, 4) is 5.75 Å². The van der Waals surface area contributed by atoms with Gasteiger partial charge in [0.25, 0.3) is 0 Å². The first-order chi connectivity index (χ1) is 6.39. The third-order valence-electron chi connectivity index (χ3n) is 1.55. The summed E-state index contributed by atoms with van der Waals surface area (Å²) in [5, 5.41) is 0. The average Bonchev–Trinajstić information content (AvgIpc) is 2.02. The third kappa shape index (κ3) is 2.94. The number of hydrogen-bond acceptors (Lipinski definition) is 1. The number of rotatable bonds is 2. The molecule has 1 rings (SSSR count). The molecule has 0 aliphatic rings. The first kappa shape index (κ1) is 10.9. The van der Waals surface area contributed by atoms with E-state index in [1.807, 2.05) is 13.8 Å². The molecular weight excluding hydrogens is 193 g/mol. The molecule has 4 heteroatoms. The van der Waals surface area contributed by atoms with E-state index in [-0.39, 0.29) is 6.10 Å². The van der Waals surface area contributed by atoms with E-state index in [0.717, 1.165) is 12.1 Å². The van der Waals surface area contributed by atoms with Crippen LogP contribution in [0.2, 0.25) is 0 Å². The van der Waals surface area contributed by atoms with Crippen molar-refractivity contribution in [1.29, 1.82) is 0 Å². The topological polar surface area (TPSA) is 9.23 Å². The molecule has 78 valence electrons. The van der Waals surface area contributed by atoms with Crippen molar-refractivity contribution in [2.75, 3.05) is 0 Å². The van der Waals surface area contributed by atoms with Gasteiger partial charge in [0.05, 0.1) is 11.7 Å². The SMILES string of the molecule is CC(C)Oc1ccc(C(F)(F)F)cc1. The smallest absolute Gasteiger partial charge is 0.416 e. The van der Waals surface area contributed by atoms with Crippen molar-refractivity contribution in [3.05, 3.63) is 29.8 Å². The van der Waals surface area contributed by atoms with E-state index in [9.17, 15) is 13.2 Å². The van der Waals surface area contributed by atoms with Gasteiger partial charge in [0, 0.05) is 0 Å². The second-order valence-corrected chi connectivity index (χ2v) is 3.19. The highest BCUT2D eigenvalue weighted by Gasteiger charge is 2.29. The molecule has 1 aromatic rings. The van der Waals surface area contributed by atoms with E-state index in [1.165, 1.54) is 12.1 Å². The lowest BCUT2D eigenvalue weighted by Gasteiger charge is -2.11. The normalized spacial score (nSPS) is 11.9. The van der Waals surface area contributed by atoms with Crippen LogP contribution in [-0.4, -0.2) is 6.10 Å². The van der Waals surface area contributed by atoms with Gasteiger partial charge in [-0.1, -0.05) is 0 Å². The summed E-state index contributed by atoms with van der Waals surface area (Å²) in [6.45, 7) is 3.63. The largest absolute Gasteiger partial charge is 0.491 e. The lowest BCUT2D eigenvalue weighted by atomic mass is 10.2. The fraction of sp³-hybridized carbons (Fsp3) is 0.400. The van der Waals surface area contributed by atoms with Crippen LogP contribution in [0.1, 0.15) is 19.4 Å². The van der Waals surface area contributed by atoms with Crippen LogP contribution >= 0.6 is 0 Å². The molecule has 0 radical (unpaired) electrons. The quantitative estimate of drug-likeness (QED) is 0.716. The Morgan fingerprint density at radius 2 is 1.57 bits per heavy atom. The molecular formula is C10H11F3O. The summed E-state index contributed by atoms with van der Waals surface area (Å²) < 4.78 is 41.6. The molecule has 0 fully saturated rings. The van der Waals surface area contributed by atoms with E-state index in [0.29, 0.717) is 5.75 Å². The van der Waals surface area contributed by atoms with Crippen molar-refractivity contribution < 1.29 is 17.9 Å². The van der Waals surface area contributed by atoms with Gasteiger partial charge < -0.3 is 4.74 Å². The zero-order valence-electron chi connectivity index (χ0n) is 7.93. The Hall–Kier alpha value is -1.19. The lowest BCUT2D eigenvalue weighted by Crippen LogP contribution is -2.07. The van der Waals surface area contributed by atoms with Crippen molar-refractivity contribution in [3.63, 3.8) is 0 Å². The zero-order chi connectivity index (χ0) is 10.8. The summed E-state index contributed by atoms with van der Waals surface area (Å²) >= 11 is 0. The monoisotopic (exact) mass is 204 g/mol. The maximum Gasteiger partial charge on any atom is 0.416 e. The fourth-order valence-corrected chi connectivity index (χ4v) is 0.995. The van der Waals surface area contributed by atoms with E-state index in [4.69, 9.17) is 4.74 Å². The molecule has 0 bridgehead atoms. The number of ether oxygens (including phenoxy) is 1. The standard InChI is InChI=1S/C10H11F3O/c1-7(2)14-9-5-3-8(4-6-9)10(11,12)13/h3-7H,1-2H3. The molecule has 0 atom stereocenters. The molecule has 0 saturated heterocycles. The summed E-state index contributed by atoms with van der Waals surface area (Å²) in [6, 6.07) is 4.67. The Labute approximate surface area is 80.5 Å². The molecule has 14 heavy (non-hydrogen) atoms. The van der Waals surface area contributed by atoms with Crippen molar-refractivity contribution >= 4 is 0 Å². The molecule has 1 nitrogen and oxygen atoms in total. The number of alkyl halides is 3. The lowest BCUT2D eigenvalue weighted by molar-refractivity contribution is -0.137. The van der Waals surface area contributed by atoms with Gasteiger partial charge in [-0.05, 0) is 38.1 Å². The Balaban J connectivity index is 2.79. The minimum absolute atomic E-state index is 0.0354. The summed E-state index contributed by atoms with van der Waals surface area (Å²) in [5.74, 6) is 0.452. The highest BCUT2D eigenvalue weighted by atomic mass is 19.4. The summed E-state index contributed by atoms with van der Waals surface area (Å²) in [4.78, 5) is 0. The highest BCUT2D eigenvalue weighted by Crippen LogP contribution is 2.30. The van der Waals surface area contributed by atoms with Crippen LogP contribution < -0.4 is 4.74 Å². The Morgan fingerprint density at radius 3 is 1.93 bits per heavy atom. The molecule has 0 heterocycles. The predicted molar refractivity (Wildman–Crippen MR) is 47.2 cm³/mol.